The van der Waals surface area contributed by atoms with Gasteiger partial charge in [-0.15, -0.1) is 0 Å². The third-order valence-corrected chi connectivity index (χ3v) is 2.00. The lowest BCUT2D eigenvalue weighted by Gasteiger charge is -2.00. The molecule has 0 saturated carbocycles. The van der Waals surface area contributed by atoms with Crippen LogP contribution in [0, 0.1) is 11.3 Å². The van der Waals surface area contributed by atoms with Crippen molar-refractivity contribution in [3.63, 3.8) is 0 Å². The van der Waals surface area contributed by atoms with Crippen LogP contribution in [-0.4, -0.2) is 19.7 Å². The number of anilines is 2. The van der Waals surface area contributed by atoms with Crippen molar-refractivity contribution in [2.45, 2.75) is 13.5 Å². The quantitative estimate of drug-likeness (QED) is 0.833. The summed E-state index contributed by atoms with van der Waals surface area (Å²) < 4.78 is 1.80. The van der Waals surface area contributed by atoms with Crippen molar-refractivity contribution in [1.29, 1.82) is 5.26 Å². The van der Waals surface area contributed by atoms with Gasteiger partial charge in [0.05, 0.1) is 24.3 Å². The molecule has 6 heteroatoms. The van der Waals surface area contributed by atoms with Gasteiger partial charge >= 0.3 is 0 Å². The standard InChI is InChI=1S/C10H10N6/c1-2-16-7-9(5-14-16)15-10-6-12-8(3-11)4-13-10/h4-7H,2H2,1H3,(H,13,15). The van der Waals surface area contributed by atoms with Crippen LogP contribution in [0.1, 0.15) is 12.6 Å². The van der Waals surface area contributed by atoms with Gasteiger partial charge in [-0.2, -0.15) is 10.4 Å². The molecule has 2 rings (SSSR count). The molecule has 0 atom stereocenters. The fourth-order valence-corrected chi connectivity index (χ4v) is 1.20. The monoisotopic (exact) mass is 214 g/mol. The van der Waals surface area contributed by atoms with E-state index < -0.39 is 0 Å². The molecule has 0 spiro atoms. The predicted octanol–water partition coefficient (Wildman–Crippen LogP) is 1.31. The van der Waals surface area contributed by atoms with Crippen molar-refractivity contribution in [2.75, 3.05) is 5.32 Å². The molecule has 0 saturated heterocycles. The fraction of sp³-hybridized carbons (Fsp3) is 0.200. The zero-order chi connectivity index (χ0) is 11.4. The number of nitrogens with zero attached hydrogens (tertiary/aromatic N) is 5. The van der Waals surface area contributed by atoms with Gasteiger partial charge in [0.25, 0.3) is 0 Å². The number of aryl methyl sites for hydroxylation is 1. The van der Waals surface area contributed by atoms with Crippen LogP contribution in [0.4, 0.5) is 11.5 Å². The van der Waals surface area contributed by atoms with Crippen LogP contribution in [0.15, 0.2) is 24.8 Å². The minimum absolute atomic E-state index is 0.301. The smallest absolute Gasteiger partial charge is 0.158 e. The van der Waals surface area contributed by atoms with Crippen molar-refractivity contribution >= 4 is 11.5 Å². The maximum atomic E-state index is 8.57. The molecule has 80 valence electrons. The zero-order valence-electron chi connectivity index (χ0n) is 8.75. The van der Waals surface area contributed by atoms with Crippen LogP contribution in [0.3, 0.4) is 0 Å². The molecule has 0 fully saturated rings. The molecule has 2 aromatic heterocycles. The Morgan fingerprint density at radius 3 is 2.81 bits per heavy atom. The lowest BCUT2D eigenvalue weighted by Crippen LogP contribution is -1.95. The molecule has 6 nitrogen and oxygen atoms in total. The van der Waals surface area contributed by atoms with Crippen LogP contribution in [0.25, 0.3) is 0 Å². The predicted molar refractivity (Wildman–Crippen MR) is 57.9 cm³/mol. The number of aromatic nitrogens is 4. The molecule has 0 aliphatic rings. The highest BCUT2D eigenvalue weighted by Gasteiger charge is 1.99. The molecule has 2 heterocycles. The number of hydrogen-bond donors (Lipinski definition) is 1. The first kappa shape index (κ1) is 10.1. The minimum atomic E-state index is 0.301. The summed E-state index contributed by atoms with van der Waals surface area (Å²) in [5, 5.41) is 15.7. The Bertz CT molecular complexity index is 507. The fourth-order valence-electron chi connectivity index (χ4n) is 1.20. The summed E-state index contributed by atoms with van der Waals surface area (Å²) in [6.07, 6.45) is 6.53. The van der Waals surface area contributed by atoms with Gasteiger partial charge in [-0.3, -0.25) is 4.68 Å². The van der Waals surface area contributed by atoms with E-state index in [2.05, 4.69) is 20.4 Å². The number of nitriles is 1. The van der Waals surface area contributed by atoms with Gasteiger partial charge in [0.1, 0.15) is 11.9 Å². The van der Waals surface area contributed by atoms with Crippen LogP contribution >= 0.6 is 0 Å². The van der Waals surface area contributed by atoms with Crippen molar-refractivity contribution in [3.05, 3.63) is 30.5 Å². The largest absolute Gasteiger partial charge is 0.336 e. The van der Waals surface area contributed by atoms with E-state index >= 15 is 0 Å². The van der Waals surface area contributed by atoms with E-state index in [1.165, 1.54) is 12.4 Å². The molecule has 0 amide bonds. The Hall–Kier alpha value is -2.42. The van der Waals surface area contributed by atoms with Crippen LogP contribution in [-0.2, 0) is 6.54 Å². The summed E-state index contributed by atoms with van der Waals surface area (Å²) >= 11 is 0. The molecule has 1 N–H and O–H groups in total. The lowest BCUT2D eigenvalue weighted by molar-refractivity contribution is 0.660. The van der Waals surface area contributed by atoms with Crippen molar-refractivity contribution in [2.24, 2.45) is 0 Å². The van der Waals surface area contributed by atoms with Gasteiger partial charge in [-0.1, -0.05) is 0 Å². The molecule has 0 bridgehead atoms. The Morgan fingerprint density at radius 2 is 2.25 bits per heavy atom. The summed E-state index contributed by atoms with van der Waals surface area (Å²) in [5.41, 5.74) is 1.15. The summed E-state index contributed by atoms with van der Waals surface area (Å²) in [7, 11) is 0. The number of rotatable bonds is 3. The van der Waals surface area contributed by atoms with Gasteiger partial charge in [0, 0.05) is 12.7 Å². The van der Waals surface area contributed by atoms with Gasteiger partial charge in [0.2, 0.25) is 0 Å². The molecule has 16 heavy (non-hydrogen) atoms. The summed E-state index contributed by atoms with van der Waals surface area (Å²) in [5.74, 6) is 0.592. The first-order valence-corrected chi connectivity index (χ1v) is 4.83. The molecule has 0 aliphatic carbocycles. The van der Waals surface area contributed by atoms with Crippen LogP contribution in [0.2, 0.25) is 0 Å². The molecular weight excluding hydrogens is 204 g/mol. The average Bonchev–Trinajstić information content (AvgIpc) is 2.78. The third-order valence-electron chi connectivity index (χ3n) is 2.00. The van der Waals surface area contributed by atoms with Crippen molar-refractivity contribution < 1.29 is 0 Å². The third kappa shape index (κ3) is 2.15. The second kappa shape index (κ2) is 4.40. The highest BCUT2D eigenvalue weighted by molar-refractivity contribution is 5.52. The maximum absolute atomic E-state index is 8.57. The van der Waals surface area contributed by atoms with Gasteiger partial charge < -0.3 is 5.32 Å². The molecule has 0 unspecified atom stereocenters. The topological polar surface area (TPSA) is 79.4 Å². The maximum Gasteiger partial charge on any atom is 0.158 e. The lowest BCUT2D eigenvalue weighted by atomic mass is 10.5. The van der Waals surface area contributed by atoms with Crippen LogP contribution in [0.5, 0.6) is 0 Å². The Kier molecular flexibility index (Phi) is 2.78. The highest BCUT2D eigenvalue weighted by Crippen LogP contribution is 2.11. The molecule has 0 aromatic carbocycles. The Morgan fingerprint density at radius 1 is 1.38 bits per heavy atom. The van der Waals surface area contributed by atoms with Gasteiger partial charge in [-0.05, 0) is 6.92 Å². The Labute approximate surface area is 92.6 Å². The number of nitrogens with one attached hydrogen (secondary N) is 1. The van der Waals surface area contributed by atoms with E-state index in [9.17, 15) is 0 Å². The second-order valence-electron chi connectivity index (χ2n) is 3.11. The molecule has 0 aliphatic heterocycles. The minimum Gasteiger partial charge on any atom is -0.336 e. The SMILES string of the molecule is CCn1cc(Nc2cnc(C#N)cn2)cn1. The van der Waals surface area contributed by atoms with Crippen molar-refractivity contribution in [1.82, 2.24) is 19.7 Å². The Balaban J connectivity index is 2.11. The van der Waals surface area contributed by atoms with Crippen molar-refractivity contribution in [3.8, 4) is 6.07 Å². The summed E-state index contributed by atoms with van der Waals surface area (Å²) in [6.45, 7) is 2.83. The number of hydrogen-bond acceptors (Lipinski definition) is 5. The highest BCUT2D eigenvalue weighted by atomic mass is 15.3. The van der Waals surface area contributed by atoms with E-state index in [0.717, 1.165) is 12.2 Å². The first-order chi connectivity index (χ1) is 7.81. The van der Waals surface area contributed by atoms with Gasteiger partial charge in [-0.25, -0.2) is 9.97 Å². The van der Waals surface area contributed by atoms with E-state index in [1.807, 2.05) is 19.2 Å². The van der Waals surface area contributed by atoms with E-state index in [-0.39, 0.29) is 0 Å². The average molecular weight is 214 g/mol. The summed E-state index contributed by atoms with van der Waals surface area (Å²) in [6, 6.07) is 1.91. The van der Waals surface area contributed by atoms with Gasteiger partial charge in [0.15, 0.2) is 5.69 Å². The molecule has 2 aromatic rings. The van der Waals surface area contributed by atoms with Crippen LogP contribution < -0.4 is 5.32 Å². The second-order valence-corrected chi connectivity index (χ2v) is 3.11. The van der Waals surface area contributed by atoms with E-state index in [4.69, 9.17) is 5.26 Å². The molecule has 0 radical (unpaired) electrons. The van der Waals surface area contributed by atoms with E-state index in [0.29, 0.717) is 11.5 Å². The normalized spacial score (nSPS) is 9.75. The van der Waals surface area contributed by atoms with E-state index in [1.54, 1.807) is 10.9 Å². The summed E-state index contributed by atoms with van der Waals surface area (Å²) in [4.78, 5) is 7.95. The zero-order valence-corrected chi connectivity index (χ0v) is 8.75. The molecular formula is C10H10N6. The first-order valence-electron chi connectivity index (χ1n) is 4.83.